The number of carbonyl (C=O) groups is 1. The minimum atomic E-state index is -3.41. The third-order valence-corrected chi connectivity index (χ3v) is 2.55. The molecule has 0 unspecified atom stereocenters. The summed E-state index contributed by atoms with van der Waals surface area (Å²) in [6.45, 7) is -3.34. The fraction of sp³-hybridized carbons (Fsp3) is 0.364. The molecule has 0 saturated carbocycles. The van der Waals surface area contributed by atoms with Crippen molar-refractivity contribution in [3.8, 4) is 5.75 Å². The first-order valence-electron chi connectivity index (χ1n) is 7.36. The number of rotatable bonds is 4. The van der Waals surface area contributed by atoms with Crippen LogP contribution in [0.25, 0.3) is 0 Å². The molecule has 1 rings (SSSR count). The highest BCUT2D eigenvalue weighted by Gasteiger charge is 2.15. The van der Waals surface area contributed by atoms with Gasteiger partial charge in [-0.05, 0) is 18.5 Å². The van der Waals surface area contributed by atoms with E-state index in [2.05, 4.69) is 0 Å². The summed E-state index contributed by atoms with van der Waals surface area (Å²) in [6.07, 6.45) is -6.74. The standard InChI is InChI=1S/C11H12Cl2O2/c1-3-4-8(14)7-5-6-9(15-2)11(13)10(7)12/h5-6H,3-4H2,1-2H3/i1D3,3D2,4D2. The Labute approximate surface area is 109 Å². The molecule has 1 aromatic carbocycles. The van der Waals surface area contributed by atoms with E-state index in [-0.39, 0.29) is 15.8 Å². The van der Waals surface area contributed by atoms with Gasteiger partial charge < -0.3 is 4.74 Å². The molecule has 0 aliphatic rings. The number of methoxy groups -OCH3 is 1. The van der Waals surface area contributed by atoms with Gasteiger partial charge in [-0.2, -0.15) is 0 Å². The molecule has 0 aliphatic heterocycles. The Morgan fingerprint density at radius 1 is 1.53 bits per heavy atom. The first kappa shape index (κ1) is 5.55. The Hall–Kier alpha value is -0.730. The van der Waals surface area contributed by atoms with Crippen LogP contribution in [-0.2, 0) is 0 Å². The molecular formula is C11H12Cl2O2. The minimum absolute atomic E-state index is 0.141. The maximum atomic E-state index is 12.3. The Kier molecular flexibility index (Phi) is 1.99. The molecule has 0 atom stereocenters. The van der Waals surface area contributed by atoms with Crippen LogP contribution in [0.15, 0.2) is 12.1 Å². The second kappa shape index (κ2) is 5.38. The van der Waals surface area contributed by atoms with Crippen LogP contribution in [0.5, 0.6) is 5.75 Å². The van der Waals surface area contributed by atoms with Crippen LogP contribution in [0.1, 0.15) is 39.6 Å². The van der Waals surface area contributed by atoms with Crippen LogP contribution in [0.4, 0.5) is 0 Å². The second-order valence-electron chi connectivity index (χ2n) is 2.52. The molecule has 0 fully saturated rings. The Morgan fingerprint density at radius 2 is 2.27 bits per heavy atom. The van der Waals surface area contributed by atoms with E-state index in [9.17, 15) is 4.79 Å². The summed E-state index contributed by atoms with van der Waals surface area (Å²) in [6, 6.07) is 2.35. The van der Waals surface area contributed by atoms with Crippen molar-refractivity contribution in [1.29, 1.82) is 0 Å². The fourth-order valence-corrected chi connectivity index (χ4v) is 1.47. The Balaban J connectivity index is 3.41. The molecule has 0 N–H and O–H groups in total. The molecular weight excluding hydrogens is 235 g/mol. The lowest BCUT2D eigenvalue weighted by Crippen LogP contribution is -2.00. The van der Waals surface area contributed by atoms with Crippen molar-refractivity contribution in [2.75, 3.05) is 7.11 Å². The molecule has 0 aromatic heterocycles. The quantitative estimate of drug-likeness (QED) is 0.759. The van der Waals surface area contributed by atoms with E-state index < -0.39 is 30.9 Å². The zero-order valence-corrected chi connectivity index (χ0v) is 9.24. The highest BCUT2D eigenvalue weighted by Crippen LogP contribution is 2.34. The maximum absolute atomic E-state index is 12.3. The topological polar surface area (TPSA) is 26.3 Å². The molecule has 0 heterocycles. The number of hydrogen-bond donors (Lipinski definition) is 0. The van der Waals surface area contributed by atoms with E-state index >= 15 is 0 Å². The first-order chi connectivity index (χ1) is 9.79. The summed E-state index contributed by atoms with van der Waals surface area (Å²) in [7, 11) is 1.31. The van der Waals surface area contributed by atoms with E-state index in [0.717, 1.165) is 6.07 Å². The van der Waals surface area contributed by atoms with Crippen molar-refractivity contribution in [1.82, 2.24) is 0 Å². The molecule has 0 amide bonds. The average molecular weight is 254 g/mol. The lowest BCUT2D eigenvalue weighted by atomic mass is 10.1. The molecule has 4 heteroatoms. The van der Waals surface area contributed by atoms with Crippen molar-refractivity contribution in [2.24, 2.45) is 0 Å². The lowest BCUT2D eigenvalue weighted by Gasteiger charge is -2.08. The molecule has 82 valence electrons. The smallest absolute Gasteiger partial charge is 0.164 e. The van der Waals surface area contributed by atoms with Crippen LogP contribution in [0.2, 0.25) is 10.0 Å². The van der Waals surface area contributed by atoms with Gasteiger partial charge in [0.05, 0.1) is 12.1 Å². The molecule has 0 radical (unpaired) electrons. The van der Waals surface area contributed by atoms with Gasteiger partial charge in [-0.25, -0.2) is 0 Å². The molecule has 0 spiro atoms. The normalized spacial score (nSPS) is 19.8. The average Bonchev–Trinajstić information content (AvgIpc) is 2.39. The van der Waals surface area contributed by atoms with Gasteiger partial charge in [0.1, 0.15) is 10.8 Å². The van der Waals surface area contributed by atoms with E-state index in [4.69, 9.17) is 37.5 Å². The van der Waals surface area contributed by atoms with Gasteiger partial charge in [0.15, 0.2) is 5.78 Å². The van der Waals surface area contributed by atoms with Crippen molar-refractivity contribution in [2.45, 2.75) is 19.6 Å². The SMILES string of the molecule is [2H]C([2H])([2H])C([2H])([2H])C([2H])([2H])C(=O)c1ccc(OC)c(Cl)c1Cl. The molecule has 0 bridgehead atoms. The first-order valence-corrected chi connectivity index (χ1v) is 4.61. The Morgan fingerprint density at radius 3 is 2.87 bits per heavy atom. The monoisotopic (exact) mass is 253 g/mol. The van der Waals surface area contributed by atoms with Crippen LogP contribution in [-0.4, -0.2) is 12.9 Å². The number of carbonyl (C=O) groups excluding carboxylic acids is 1. The van der Waals surface area contributed by atoms with Gasteiger partial charge in [-0.15, -0.1) is 0 Å². The second-order valence-corrected chi connectivity index (χ2v) is 3.28. The number of ketones is 1. The highest BCUT2D eigenvalue weighted by atomic mass is 35.5. The Bertz CT molecular complexity index is 599. The van der Waals surface area contributed by atoms with Crippen LogP contribution < -0.4 is 4.74 Å². The van der Waals surface area contributed by atoms with E-state index in [1.165, 1.54) is 13.2 Å². The molecule has 0 aliphatic carbocycles. The van der Waals surface area contributed by atoms with E-state index in [1.54, 1.807) is 0 Å². The number of Topliss-reactive ketones (excluding diaryl/α,β-unsaturated/α-hetero) is 1. The van der Waals surface area contributed by atoms with E-state index in [0.29, 0.717) is 0 Å². The predicted molar refractivity (Wildman–Crippen MR) is 62.3 cm³/mol. The van der Waals surface area contributed by atoms with Gasteiger partial charge in [-0.3, -0.25) is 4.79 Å². The molecule has 0 saturated heterocycles. The summed E-state index contributed by atoms with van der Waals surface area (Å²) in [5, 5.41) is -0.489. The molecule has 15 heavy (non-hydrogen) atoms. The van der Waals surface area contributed by atoms with E-state index in [1.807, 2.05) is 0 Å². The summed E-state index contributed by atoms with van der Waals surface area (Å²) in [5.74, 6) is -1.27. The van der Waals surface area contributed by atoms with Gasteiger partial charge in [0.2, 0.25) is 0 Å². The molecule has 2 nitrogen and oxygen atoms in total. The maximum Gasteiger partial charge on any atom is 0.164 e. The van der Waals surface area contributed by atoms with Gasteiger partial charge in [0, 0.05) is 21.5 Å². The highest BCUT2D eigenvalue weighted by molar-refractivity contribution is 6.44. The number of halogens is 2. The number of hydrogen-bond acceptors (Lipinski definition) is 2. The summed E-state index contributed by atoms with van der Waals surface area (Å²) in [5.41, 5.74) is -0.425. The molecule has 1 aromatic rings. The minimum Gasteiger partial charge on any atom is -0.495 e. The number of benzene rings is 1. The zero-order valence-electron chi connectivity index (χ0n) is 14.7. The van der Waals surface area contributed by atoms with Gasteiger partial charge in [0.25, 0.3) is 0 Å². The van der Waals surface area contributed by atoms with Crippen molar-refractivity contribution in [3.05, 3.63) is 27.7 Å². The van der Waals surface area contributed by atoms with Gasteiger partial charge >= 0.3 is 0 Å². The van der Waals surface area contributed by atoms with Crippen molar-refractivity contribution >= 4 is 29.0 Å². The zero-order chi connectivity index (χ0) is 17.5. The summed E-state index contributed by atoms with van der Waals surface area (Å²) < 4.78 is 56.4. The number of ether oxygens (including phenoxy) is 1. The van der Waals surface area contributed by atoms with Crippen molar-refractivity contribution < 1.29 is 19.1 Å². The van der Waals surface area contributed by atoms with Crippen molar-refractivity contribution in [3.63, 3.8) is 0 Å². The lowest BCUT2D eigenvalue weighted by molar-refractivity contribution is 0.0982. The van der Waals surface area contributed by atoms with Crippen LogP contribution >= 0.6 is 23.2 Å². The third-order valence-electron chi connectivity index (χ3n) is 1.69. The third kappa shape index (κ3) is 2.64. The summed E-state index contributed by atoms with van der Waals surface area (Å²) >= 11 is 11.7. The van der Waals surface area contributed by atoms with Gasteiger partial charge in [-0.1, -0.05) is 30.1 Å². The predicted octanol–water partition coefficient (Wildman–Crippen LogP) is 3.98. The van der Waals surface area contributed by atoms with Crippen LogP contribution in [0, 0.1) is 0 Å². The van der Waals surface area contributed by atoms with Crippen LogP contribution in [0.3, 0.4) is 0 Å². The fourth-order valence-electron chi connectivity index (χ4n) is 0.989. The summed E-state index contributed by atoms with van der Waals surface area (Å²) in [4.78, 5) is 12.3. The largest absolute Gasteiger partial charge is 0.495 e.